The van der Waals surface area contributed by atoms with Gasteiger partial charge in [0, 0.05) is 10.8 Å². The van der Waals surface area contributed by atoms with E-state index in [0.717, 1.165) is 0 Å². The average Bonchev–Trinajstić information content (AvgIpc) is 3.28. The van der Waals surface area contributed by atoms with Crippen LogP contribution in [0.2, 0.25) is 0 Å². The van der Waals surface area contributed by atoms with Gasteiger partial charge in [-0.3, -0.25) is 0 Å². The number of benzene rings is 8. The normalized spacial score (nSPS) is 14.1. The van der Waals surface area contributed by atoms with Crippen molar-refractivity contribution < 1.29 is 0 Å². The van der Waals surface area contributed by atoms with Gasteiger partial charge >= 0.3 is 0 Å². The van der Waals surface area contributed by atoms with Crippen LogP contribution in [0.3, 0.4) is 0 Å². The third kappa shape index (κ3) is 3.40. The molecule has 1 aliphatic carbocycles. The molecule has 0 radical (unpaired) electrons. The van der Waals surface area contributed by atoms with Crippen LogP contribution in [0.15, 0.2) is 133 Å². The second-order valence-electron chi connectivity index (χ2n) is 13.8. The van der Waals surface area contributed by atoms with E-state index in [1.807, 2.05) is 0 Å². The molecule has 0 saturated heterocycles. The maximum Gasteiger partial charge on any atom is 0.0159 e. The molecule has 0 nitrogen and oxygen atoms in total. The molecule has 0 aliphatic heterocycles. The van der Waals surface area contributed by atoms with Gasteiger partial charge in [-0.1, -0.05) is 155 Å². The maximum atomic E-state index is 2.50. The van der Waals surface area contributed by atoms with Crippen LogP contribution in [0.5, 0.6) is 0 Å². The first-order valence-electron chi connectivity index (χ1n) is 15.8. The molecule has 0 heteroatoms. The van der Waals surface area contributed by atoms with Gasteiger partial charge in [0.05, 0.1) is 0 Å². The molecule has 8 aromatic carbocycles. The van der Waals surface area contributed by atoms with Crippen molar-refractivity contribution in [2.75, 3.05) is 0 Å². The van der Waals surface area contributed by atoms with E-state index in [-0.39, 0.29) is 10.8 Å². The minimum atomic E-state index is -0.170. The van der Waals surface area contributed by atoms with Gasteiger partial charge in [0.1, 0.15) is 0 Å². The molecule has 1 aliphatic rings. The summed E-state index contributed by atoms with van der Waals surface area (Å²) in [5.41, 5.74) is 10.6. The SMILES string of the molecule is CC1(C)c2cc(-c3cccc4ccccc34)ccc2-c2ccc(C(C)(C)c3ccc4ccc5cccc6ccc3c4c56)cc21. The second kappa shape index (κ2) is 8.80. The van der Waals surface area contributed by atoms with Crippen LogP contribution < -0.4 is 0 Å². The molecule has 0 atom stereocenters. The van der Waals surface area contributed by atoms with Gasteiger partial charge in [0.15, 0.2) is 0 Å². The molecule has 0 saturated carbocycles. The van der Waals surface area contributed by atoms with Crippen molar-refractivity contribution in [1.29, 1.82) is 0 Å². The maximum absolute atomic E-state index is 2.50. The highest BCUT2D eigenvalue weighted by Gasteiger charge is 2.37. The Kier molecular flexibility index (Phi) is 5.11. The van der Waals surface area contributed by atoms with Gasteiger partial charge in [0.2, 0.25) is 0 Å². The molecule has 0 bridgehead atoms. The predicted molar refractivity (Wildman–Crippen MR) is 189 cm³/mol. The summed E-state index contributed by atoms with van der Waals surface area (Å²) < 4.78 is 0. The Balaban J connectivity index is 1.18. The van der Waals surface area contributed by atoms with Crippen molar-refractivity contribution in [2.45, 2.75) is 38.5 Å². The predicted octanol–water partition coefficient (Wildman–Crippen LogP) is 12.0. The van der Waals surface area contributed by atoms with Gasteiger partial charge in [0.25, 0.3) is 0 Å². The number of hydrogen-bond acceptors (Lipinski definition) is 0. The standard InChI is InChI=1S/C44H34/c1-43(2,38-24-19-30-16-15-28-11-7-12-29-17-22-37(38)42(30)41(28)29)32-20-23-36-35-21-18-31(25-39(35)44(3,4)40(36)26-32)34-14-8-10-27-9-5-6-13-33(27)34/h5-26H,1-4H3. The van der Waals surface area contributed by atoms with E-state index in [1.165, 1.54) is 87.6 Å². The topological polar surface area (TPSA) is 0 Å². The molecule has 0 amide bonds. The van der Waals surface area contributed by atoms with Crippen molar-refractivity contribution in [2.24, 2.45) is 0 Å². The number of rotatable bonds is 3. The zero-order chi connectivity index (χ0) is 29.8. The molecule has 9 rings (SSSR count). The number of fused-ring (bicyclic) bond motifs is 4. The zero-order valence-electron chi connectivity index (χ0n) is 25.7. The highest BCUT2D eigenvalue weighted by molar-refractivity contribution is 6.23. The molecule has 0 heterocycles. The van der Waals surface area contributed by atoms with Crippen molar-refractivity contribution in [3.8, 4) is 22.3 Å². The summed E-state index contributed by atoms with van der Waals surface area (Å²) in [5.74, 6) is 0. The lowest BCUT2D eigenvalue weighted by molar-refractivity contribution is 0.631. The average molecular weight is 563 g/mol. The molecular formula is C44H34. The Bertz CT molecular complexity index is 2410. The summed E-state index contributed by atoms with van der Waals surface area (Å²) >= 11 is 0. The molecule has 8 aromatic rings. The van der Waals surface area contributed by atoms with Crippen LogP contribution in [-0.4, -0.2) is 0 Å². The van der Waals surface area contributed by atoms with Gasteiger partial charge in [-0.2, -0.15) is 0 Å². The summed E-state index contributed by atoms with van der Waals surface area (Å²) in [7, 11) is 0. The minimum Gasteiger partial charge on any atom is -0.0616 e. The van der Waals surface area contributed by atoms with Crippen LogP contribution in [0.4, 0.5) is 0 Å². The van der Waals surface area contributed by atoms with Crippen molar-refractivity contribution >= 4 is 43.1 Å². The van der Waals surface area contributed by atoms with Crippen molar-refractivity contribution in [3.05, 3.63) is 156 Å². The smallest absolute Gasteiger partial charge is 0.0159 e. The first-order chi connectivity index (χ1) is 21.3. The molecule has 210 valence electrons. The summed E-state index contributed by atoms with van der Waals surface area (Å²) in [6.45, 7) is 9.60. The third-order valence-electron chi connectivity index (χ3n) is 10.7. The largest absolute Gasteiger partial charge is 0.0616 e. The highest BCUT2D eigenvalue weighted by Crippen LogP contribution is 2.52. The zero-order valence-corrected chi connectivity index (χ0v) is 25.7. The van der Waals surface area contributed by atoms with E-state index >= 15 is 0 Å². The van der Waals surface area contributed by atoms with Crippen LogP contribution >= 0.6 is 0 Å². The van der Waals surface area contributed by atoms with E-state index in [4.69, 9.17) is 0 Å². The van der Waals surface area contributed by atoms with Gasteiger partial charge in [-0.15, -0.1) is 0 Å². The van der Waals surface area contributed by atoms with E-state index in [2.05, 4.69) is 161 Å². The molecular weight excluding hydrogens is 528 g/mol. The van der Waals surface area contributed by atoms with E-state index in [0.29, 0.717) is 0 Å². The summed E-state index contributed by atoms with van der Waals surface area (Å²) in [5, 5.41) is 10.7. The Morgan fingerprint density at radius 2 is 1.07 bits per heavy atom. The van der Waals surface area contributed by atoms with Crippen LogP contribution in [0.25, 0.3) is 65.3 Å². The van der Waals surface area contributed by atoms with E-state index in [1.54, 1.807) is 0 Å². The van der Waals surface area contributed by atoms with Gasteiger partial charge in [-0.05, 0) is 93.7 Å². The lowest BCUT2D eigenvalue weighted by Gasteiger charge is -2.30. The molecule has 0 spiro atoms. The van der Waals surface area contributed by atoms with Crippen molar-refractivity contribution in [3.63, 3.8) is 0 Å². The van der Waals surface area contributed by atoms with Crippen LogP contribution in [-0.2, 0) is 10.8 Å². The summed E-state index contributed by atoms with van der Waals surface area (Å²) in [4.78, 5) is 0. The fourth-order valence-corrected chi connectivity index (χ4v) is 8.21. The molecule has 44 heavy (non-hydrogen) atoms. The molecule has 0 aromatic heterocycles. The summed E-state index contributed by atoms with van der Waals surface area (Å²) in [6, 6.07) is 50.3. The lowest BCUT2D eigenvalue weighted by atomic mass is 9.73. The van der Waals surface area contributed by atoms with E-state index in [9.17, 15) is 0 Å². The summed E-state index contributed by atoms with van der Waals surface area (Å²) in [6.07, 6.45) is 0. The van der Waals surface area contributed by atoms with Gasteiger partial charge < -0.3 is 0 Å². The molecule has 0 unspecified atom stereocenters. The Morgan fingerprint density at radius 3 is 1.89 bits per heavy atom. The Hall–Kier alpha value is -4.94. The quantitative estimate of drug-likeness (QED) is 0.188. The molecule has 0 N–H and O–H groups in total. The second-order valence-corrected chi connectivity index (χ2v) is 13.8. The lowest BCUT2D eigenvalue weighted by Crippen LogP contribution is -2.21. The third-order valence-corrected chi connectivity index (χ3v) is 10.7. The van der Waals surface area contributed by atoms with E-state index < -0.39 is 0 Å². The molecule has 0 fully saturated rings. The van der Waals surface area contributed by atoms with Crippen molar-refractivity contribution in [1.82, 2.24) is 0 Å². The van der Waals surface area contributed by atoms with Crippen LogP contribution in [0.1, 0.15) is 49.9 Å². The fraction of sp³-hybridized carbons (Fsp3) is 0.136. The highest BCUT2D eigenvalue weighted by atomic mass is 14.4. The Labute approximate surface area is 258 Å². The monoisotopic (exact) mass is 562 g/mol. The first-order valence-corrected chi connectivity index (χ1v) is 15.8. The van der Waals surface area contributed by atoms with Crippen LogP contribution in [0, 0.1) is 0 Å². The first kappa shape index (κ1) is 25.5. The van der Waals surface area contributed by atoms with Gasteiger partial charge in [-0.25, -0.2) is 0 Å². The minimum absolute atomic E-state index is 0.0972. The number of hydrogen-bond donors (Lipinski definition) is 0. The Morgan fingerprint density at radius 1 is 0.455 bits per heavy atom. The fourth-order valence-electron chi connectivity index (χ4n) is 8.21.